The molecule has 0 bridgehead atoms. The molecule has 1 amide bonds. The van der Waals surface area contributed by atoms with E-state index in [1.807, 2.05) is 54.3 Å². The predicted octanol–water partition coefficient (Wildman–Crippen LogP) is 3.17. The van der Waals surface area contributed by atoms with Crippen molar-refractivity contribution in [2.45, 2.75) is 19.8 Å². The number of carbonyl (C=O) groups excluding carboxylic acids is 1. The molecule has 2 N–H and O–H groups in total. The van der Waals surface area contributed by atoms with Crippen LogP contribution in [0.25, 0.3) is 0 Å². The van der Waals surface area contributed by atoms with Crippen molar-refractivity contribution in [1.29, 1.82) is 0 Å². The molecule has 0 unspecified atom stereocenters. The molecule has 102 valence electrons. The molecule has 20 heavy (non-hydrogen) atoms. The number of amides is 1. The van der Waals surface area contributed by atoms with E-state index in [1.165, 1.54) is 5.56 Å². The Bertz CT molecular complexity index is 664. The maximum Gasteiger partial charge on any atom is 0.258 e. The van der Waals surface area contributed by atoms with Gasteiger partial charge in [-0.3, -0.25) is 4.79 Å². The summed E-state index contributed by atoms with van der Waals surface area (Å²) in [5.41, 5.74) is 10.6. The minimum atomic E-state index is 0.0558. The van der Waals surface area contributed by atoms with E-state index in [4.69, 9.17) is 5.73 Å². The van der Waals surface area contributed by atoms with Gasteiger partial charge in [-0.1, -0.05) is 23.8 Å². The van der Waals surface area contributed by atoms with Crippen LogP contribution >= 0.6 is 0 Å². The van der Waals surface area contributed by atoms with Crippen LogP contribution in [-0.2, 0) is 6.42 Å². The maximum atomic E-state index is 12.7. The number of anilines is 2. The quantitative estimate of drug-likeness (QED) is 0.806. The highest BCUT2D eigenvalue weighted by molar-refractivity contribution is 6.07. The van der Waals surface area contributed by atoms with Gasteiger partial charge in [-0.05, 0) is 49.6 Å². The van der Waals surface area contributed by atoms with Gasteiger partial charge in [-0.25, -0.2) is 0 Å². The van der Waals surface area contributed by atoms with Crippen molar-refractivity contribution < 1.29 is 4.79 Å². The number of nitrogens with zero attached hydrogens (tertiary/aromatic N) is 1. The Morgan fingerprint density at radius 3 is 2.85 bits per heavy atom. The Hall–Kier alpha value is -2.29. The minimum absolute atomic E-state index is 0.0558. The molecule has 0 aliphatic carbocycles. The molecule has 0 aromatic heterocycles. The summed E-state index contributed by atoms with van der Waals surface area (Å²) in [6.45, 7) is 2.75. The second kappa shape index (κ2) is 5.00. The second-order valence-corrected chi connectivity index (χ2v) is 5.32. The fraction of sp³-hybridized carbons (Fsp3) is 0.235. The van der Waals surface area contributed by atoms with Crippen LogP contribution in [-0.4, -0.2) is 12.5 Å². The third-order valence-corrected chi connectivity index (χ3v) is 3.74. The molecule has 0 spiro atoms. The number of nitrogens with two attached hydrogens (primary N) is 1. The van der Waals surface area contributed by atoms with Gasteiger partial charge in [0.25, 0.3) is 5.91 Å². The molecule has 0 fully saturated rings. The van der Waals surface area contributed by atoms with Crippen molar-refractivity contribution in [2.75, 3.05) is 17.2 Å². The van der Waals surface area contributed by atoms with Crippen LogP contribution in [0.15, 0.2) is 42.5 Å². The predicted molar refractivity (Wildman–Crippen MR) is 82.0 cm³/mol. The Morgan fingerprint density at radius 2 is 2.05 bits per heavy atom. The first-order valence-corrected chi connectivity index (χ1v) is 6.92. The zero-order valence-corrected chi connectivity index (χ0v) is 11.6. The van der Waals surface area contributed by atoms with Gasteiger partial charge in [0.05, 0.1) is 0 Å². The van der Waals surface area contributed by atoms with E-state index >= 15 is 0 Å². The summed E-state index contributed by atoms with van der Waals surface area (Å²) >= 11 is 0. The standard InChI is InChI=1S/C17H18N2O/c1-12-4-2-5-14(10-12)17(20)19-9-3-6-13-7-8-15(18)11-16(13)19/h2,4-5,7-8,10-11H,3,6,9,18H2,1H3. The van der Waals surface area contributed by atoms with E-state index in [1.54, 1.807) is 0 Å². The summed E-state index contributed by atoms with van der Waals surface area (Å²) in [7, 11) is 0. The number of benzene rings is 2. The molecule has 0 atom stereocenters. The van der Waals surface area contributed by atoms with Gasteiger partial charge in [-0.2, -0.15) is 0 Å². The number of nitrogen functional groups attached to an aromatic ring is 1. The lowest BCUT2D eigenvalue weighted by Gasteiger charge is -2.30. The highest BCUT2D eigenvalue weighted by Crippen LogP contribution is 2.30. The number of hydrogen-bond acceptors (Lipinski definition) is 2. The van der Waals surface area contributed by atoms with Crippen LogP contribution in [0.4, 0.5) is 11.4 Å². The Morgan fingerprint density at radius 1 is 1.20 bits per heavy atom. The van der Waals surface area contributed by atoms with Gasteiger partial charge in [0, 0.05) is 23.5 Å². The summed E-state index contributed by atoms with van der Waals surface area (Å²) in [5.74, 6) is 0.0558. The number of fused-ring (bicyclic) bond motifs is 1. The fourth-order valence-corrected chi connectivity index (χ4v) is 2.74. The first-order chi connectivity index (χ1) is 9.65. The number of hydrogen-bond donors (Lipinski definition) is 1. The largest absolute Gasteiger partial charge is 0.399 e. The lowest BCUT2D eigenvalue weighted by molar-refractivity contribution is 0.0985. The highest BCUT2D eigenvalue weighted by Gasteiger charge is 2.23. The van der Waals surface area contributed by atoms with E-state index in [0.717, 1.165) is 36.2 Å². The van der Waals surface area contributed by atoms with Gasteiger partial charge >= 0.3 is 0 Å². The second-order valence-electron chi connectivity index (χ2n) is 5.32. The summed E-state index contributed by atoms with van der Waals surface area (Å²) in [4.78, 5) is 14.6. The van der Waals surface area contributed by atoms with Crippen LogP contribution in [0.3, 0.4) is 0 Å². The third-order valence-electron chi connectivity index (χ3n) is 3.74. The molecule has 1 aliphatic heterocycles. The van der Waals surface area contributed by atoms with Crippen LogP contribution in [0.5, 0.6) is 0 Å². The first kappa shape index (κ1) is 12.7. The smallest absolute Gasteiger partial charge is 0.258 e. The first-order valence-electron chi connectivity index (χ1n) is 6.92. The lowest BCUT2D eigenvalue weighted by Crippen LogP contribution is -2.35. The van der Waals surface area contributed by atoms with E-state index in [9.17, 15) is 4.79 Å². The molecule has 3 heteroatoms. The van der Waals surface area contributed by atoms with Crippen molar-refractivity contribution in [3.63, 3.8) is 0 Å². The fourth-order valence-electron chi connectivity index (χ4n) is 2.74. The summed E-state index contributed by atoms with van der Waals surface area (Å²) in [6.07, 6.45) is 2.00. The number of aryl methyl sites for hydroxylation is 2. The van der Waals surface area contributed by atoms with Crippen molar-refractivity contribution >= 4 is 17.3 Å². The Balaban J connectivity index is 2.00. The van der Waals surface area contributed by atoms with Gasteiger partial charge in [0.1, 0.15) is 0 Å². The number of rotatable bonds is 1. The minimum Gasteiger partial charge on any atom is -0.399 e. The molecule has 1 aliphatic rings. The van der Waals surface area contributed by atoms with Gasteiger partial charge in [0.15, 0.2) is 0 Å². The van der Waals surface area contributed by atoms with E-state index in [-0.39, 0.29) is 5.91 Å². The molecule has 0 saturated carbocycles. The van der Waals surface area contributed by atoms with E-state index in [2.05, 4.69) is 0 Å². The SMILES string of the molecule is Cc1cccc(C(=O)N2CCCc3ccc(N)cc32)c1. The molecule has 0 radical (unpaired) electrons. The molecule has 0 saturated heterocycles. The molecule has 3 nitrogen and oxygen atoms in total. The van der Waals surface area contributed by atoms with Crippen LogP contribution in [0.1, 0.15) is 27.9 Å². The zero-order valence-electron chi connectivity index (χ0n) is 11.6. The van der Waals surface area contributed by atoms with Crippen molar-refractivity contribution in [2.24, 2.45) is 0 Å². The molecular formula is C17H18N2O. The third kappa shape index (κ3) is 2.27. The number of carbonyl (C=O) groups is 1. The van der Waals surface area contributed by atoms with E-state index < -0.39 is 0 Å². The molecule has 1 heterocycles. The van der Waals surface area contributed by atoms with Gasteiger partial charge in [0.2, 0.25) is 0 Å². The average Bonchev–Trinajstić information content (AvgIpc) is 2.46. The molecule has 3 rings (SSSR count). The van der Waals surface area contributed by atoms with Crippen LogP contribution in [0, 0.1) is 6.92 Å². The summed E-state index contributed by atoms with van der Waals surface area (Å²) in [5, 5.41) is 0. The van der Waals surface area contributed by atoms with Crippen molar-refractivity contribution in [3.8, 4) is 0 Å². The highest BCUT2D eigenvalue weighted by atomic mass is 16.2. The van der Waals surface area contributed by atoms with Crippen LogP contribution in [0.2, 0.25) is 0 Å². The maximum absolute atomic E-state index is 12.7. The molecule has 2 aromatic carbocycles. The molecular weight excluding hydrogens is 248 g/mol. The zero-order chi connectivity index (χ0) is 14.1. The van der Waals surface area contributed by atoms with Gasteiger partial charge < -0.3 is 10.6 Å². The van der Waals surface area contributed by atoms with Gasteiger partial charge in [-0.15, -0.1) is 0 Å². The van der Waals surface area contributed by atoms with Crippen molar-refractivity contribution in [3.05, 3.63) is 59.2 Å². The summed E-state index contributed by atoms with van der Waals surface area (Å²) < 4.78 is 0. The molecule has 2 aromatic rings. The van der Waals surface area contributed by atoms with Crippen molar-refractivity contribution in [1.82, 2.24) is 0 Å². The Kier molecular flexibility index (Phi) is 3.18. The van der Waals surface area contributed by atoms with E-state index in [0.29, 0.717) is 5.69 Å². The topological polar surface area (TPSA) is 46.3 Å². The average molecular weight is 266 g/mol. The monoisotopic (exact) mass is 266 g/mol. The Labute approximate surface area is 119 Å². The summed E-state index contributed by atoms with van der Waals surface area (Å²) in [6, 6.07) is 13.6. The lowest BCUT2D eigenvalue weighted by atomic mass is 10.00. The van der Waals surface area contributed by atoms with Crippen LogP contribution < -0.4 is 10.6 Å². The normalized spacial score (nSPS) is 13.9.